The van der Waals surface area contributed by atoms with Crippen molar-refractivity contribution in [3.05, 3.63) is 35.8 Å². The summed E-state index contributed by atoms with van der Waals surface area (Å²) < 4.78 is 38.1. The lowest BCUT2D eigenvalue weighted by atomic mass is 10.2. The van der Waals surface area contributed by atoms with Gasteiger partial charge in [0, 0.05) is 12.4 Å². The number of nitrogens with two attached hydrogens (primary N) is 1. The third-order valence-electron chi connectivity index (χ3n) is 2.27. The van der Waals surface area contributed by atoms with Crippen LogP contribution in [0.1, 0.15) is 15.9 Å². The van der Waals surface area contributed by atoms with Crippen LogP contribution >= 0.6 is 0 Å². The van der Waals surface area contributed by atoms with Crippen molar-refractivity contribution in [2.24, 2.45) is 0 Å². The molecule has 0 atom stereocenters. The molecule has 19 heavy (non-hydrogen) atoms. The first kappa shape index (κ1) is 12.9. The third-order valence-corrected chi connectivity index (χ3v) is 2.27. The van der Waals surface area contributed by atoms with E-state index in [4.69, 9.17) is 10.8 Å². The number of nitrogen functional groups attached to an aromatic ring is 1. The van der Waals surface area contributed by atoms with E-state index in [0.717, 1.165) is 23.1 Å². The van der Waals surface area contributed by atoms with Crippen LogP contribution in [0.4, 0.5) is 18.9 Å². The predicted molar refractivity (Wildman–Crippen MR) is 57.7 cm³/mol. The largest absolute Gasteiger partial charge is 0.478 e. The maximum absolute atomic E-state index is 12.4. The second-order valence-corrected chi connectivity index (χ2v) is 3.61. The Kier molecular flexibility index (Phi) is 2.89. The predicted octanol–water partition coefficient (Wildman–Crippen LogP) is 1.57. The fourth-order valence-corrected chi connectivity index (χ4v) is 1.37. The van der Waals surface area contributed by atoms with E-state index in [0.29, 0.717) is 6.20 Å². The number of carboxylic acid groups (broad SMARTS) is 1. The van der Waals surface area contributed by atoms with Crippen molar-refractivity contribution < 1.29 is 23.1 Å². The van der Waals surface area contributed by atoms with E-state index < -0.39 is 17.7 Å². The van der Waals surface area contributed by atoms with Gasteiger partial charge in [-0.05, 0) is 6.07 Å². The zero-order chi connectivity index (χ0) is 14.2. The van der Waals surface area contributed by atoms with Crippen LogP contribution in [0, 0.1) is 0 Å². The molecule has 3 N–H and O–H groups in total. The minimum Gasteiger partial charge on any atom is -0.478 e. The summed E-state index contributed by atoms with van der Waals surface area (Å²) in [6.07, 6.45) is -2.18. The van der Waals surface area contributed by atoms with E-state index in [1.807, 2.05) is 0 Å². The Morgan fingerprint density at radius 2 is 2.05 bits per heavy atom. The van der Waals surface area contributed by atoms with Crippen LogP contribution in [0.2, 0.25) is 0 Å². The molecule has 0 aromatic carbocycles. The number of carboxylic acids is 1. The Bertz CT molecular complexity index is 636. The standard InChI is InChI=1S/C10H7F3N4O2/c11-10(12,13)6-3-16-17(4-6)8-7(14)1-5(2-15-8)9(18)19/h1-4H,14H2,(H,18,19). The highest BCUT2D eigenvalue weighted by Crippen LogP contribution is 2.29. The topological polar surface area (TPSA) is 94.0 Å². The van der Waals surface area contributed by atoms with E-state index in [1.54, 1.807) is 0 Å². The lowest BCUT2D eigenvalue weighted by Gasteiger charge is -2.05. The number of halogens is 3. The quantitative estimate of drug-likeness (QED) is 0.865. The van der Waals surface area contributed by atoms with Crippen LogP contribution in [0.3, 0.4) is 0 Å². The molecule has 0 radical (unpaired) electrons. The first-order valence-corrected chi connectivity index (χ1v) is 4.90. The van der Waals surface area contributed by atoms with Crippen molar-refractivity contribution in [3.8, 4) is 5.82 Å². The number of carbonyl (C=O) groups is 1. The van der Waals surface area contributed by atoms with Crippen molar-refractivity contribution in [1.29, 1.82) is 0 Å². The summed E-state index contributed by atoms with van der Waals surface area (Å²) in [5.74, 6) is -1.30. The first-order valence-electron chi connectivity index (χ1n) is 4.90. The zero-order valence-electron chi connectivity index (χ0n) is 9.22. The lowest BCUT2D eigenvalue weighted by molar-refractivity contribution is -0.137. The average molecular weight is 272 g/mol. The molecule has 0 spiro atoms. The van der Waals surface area contributed by atoms with Gasteiger partial charge in [0.05, 0.1) is 23.0 Å². The molecule has 0 aliphatic rings. The smallest absolute Gasteiger partial charge is 0.419 e. The molecule has 2 heterocycles. The van der Waals surface area contributed by atoms with Crippen LogP contribution in [0.5, 0.6) is 0 Å². The van der Waals surface area contributed by atoms with Crippen LogP contribution in [0.25, 0.3) is 5.82 Å². The number of aromatic carboxylic acids is 1. The van der Waals surface area contributed by atoms with Crippen molar-refractivity contribution in [2.45, 2.75) is 6.18 Å². The number of aromatic nitrogens is 3. The van der Waals surface area contributed by atoms with Gasteiger partial charge in [0.1, 0.15) is 0 Å². The lowest BCUT2D eigenvalue weighted by Crippen LogP contribution is -2.07. The van der Waals surface area contributed by atoms with E-state index in [9.17, 15) is 18.0 Å². The molecule has 9 heteroatoms. The SMILES string of the molecule is Nc1cc(C(=O)O)cnc1-n1cc(C(F)(F)F)cn1. The molecular formula is C10H7F3N4O2. The maximum atomic E-state index is 12.4. The summed E-state index contributed by atoms with van der Waals surface area (Å²) >= 11 is 0. The molecule has 0 saturated carbocycles. The minimum atomic E-state index is -4.52. The van der Waals surface area contributed by atoms with Gasteiger partial charge >= 0.3 is 12.1 Å². The fraction of sp³-hybridized carbons (Fsp3) is 0.100. The van der Waals surface area contributed by atoms with Gasteiger partial charge in [0.15, 0.2) is 5.82 Å². The number of hydrogen-bond donors (Lipinski definition) is 2. The zero-order valence-corrected chi connectivity index (χ0v) is 9.22. The van der Waals surface area contributed by atoms with Gasteiger partial charge in [-0.3, -0.25) is 0 Å². The Morgan fingerprint density at radius 3 is 2.53 bits per heavy atom. The molecule has 6 nitrogen and oxygen atoms in total. The summed E-state index contributed by atoms with van der Waals surface area (Å²) in [5, 5.41) is 12.2. The highest BCUT2D eigenvalue weighted by molar-refractivity contribution is 5.88. The van der Waals surface area contributed by atoms with Crippen molar-refractivity contribution >= 4 is 11.7 Å². The average Bonchev–Trinajstić information content (AvgIpc) is 2.77. The van der Waals surface area contributed by atoms with Gasteiger partial charge in [0.2, 0.25) is 0 Å². The molecule has 2 aromatic heterocycles. The minimum absolute atomic E-state index is 0.0690. The third kappa shape index (κ3) is 2.49. The Morgan fingerprint density at radius 1 is 1.37 bits per heavy atom. The van der Waals surface area contributed by atoms with E-state index in [2.05, 4.69) is 10.1 Å². The van der Waals surface area contributed by atoms with Crippen LogP contribution in [0.15, 0.2) is 24.7 Å². The molecule has 0 fully saturated rings. The second kappa shape index (κ2) is 4.26. The van der Waals surface area contributed by atoms with Crippen LogP contribution in [-0.2, 0) is 6.18 Å². The van der Waals surface area contributed by atoms with Gasteiger partial charge in [-0.1, -0.05) is 0 Å². The molecule has 0 unspecified atom stereocenters. The molecule has 0 aliphatic carbocycles. The molecular weight excluding hydrogens is 265 g/mol. The fourth-order valence-electron chi connectivity index (χ4n) is 1.37. The number of pyridine rings is 1. The van der Waals surface area contributed by atoms with Gasteiger partial charge in [-0.25, -0.2) is 14.5 Å². The molecule has 2 aromatic rings. The maximum Gasteiger partial charge on any atom is 0.419 e. The van der Waals surface area contributed by atoms with Crippen LogP contribution < -0.4 is 5.73 Å². The van der Waals surface area contributed by atoms with E-state index in [-0.39, 0.29) is 17.1 Å². The molecule has 100 valence electrons. The van der Waals surface area contributed by atoms with Gasteiger partial charge < -0.3 is 10.8 Å². The van der Waals surface area contributed by atoms with Crippen LogP contribution in [-0.4, -0.2) is 25.8 Å². The van der Waals surface area contributed by atoms with Gasteiger partial charge in [-0.2, -0.15) is 18.3 Å². The van der Waals surface area contributed by atoms with Gasteiger partial charge in [-0.15, -0.1) is 0 Å². The normalized spacial score (nSPS) is 11.5. The summed E-state index contributed by atoms with van der Waals surface area (Å²) in [7, 11) is 0. The summed E-state index contributed by atoms with van der Waals surface area (Å²) in [4.78, 5) is 14.4. The molecule has 0 amide bonds. The summed E-state index contributed by atoms with van der Waals surface area (Å²) in [6, 6.07) is 1.10. The summed E-state index contributed by atoms with van der Waals surface area (Å²) in [5.41, 5.74) is 4.34. The number of hydrogen-bond acceptors (Lipinski definition) is 4. The molecule has 0 saturated heterocycles. The van der Waals surface area contributed by atoms with E-state index >= 15 is 0 Å². The number of rotatable bonds is 2. The second-order valence-electron chi connectivity index (χ2n) is 3.61. The van der Waals surface area contributed by atoms with Gasteiger partial charge in [0.25, 0.3) is 0 Å². The highest BCUT2D eigenvalue weighted by Gasteiger charge is 2.32. The number of alkyl halides is 3. The number of nitrogens with zero attached hydrogens (tertiary/aromatic N) is 3. The highest BCUT2D eigenvalue weighted by atomic mass is 19.4. The first-order chi connectivity index (χ1) is 8.79. The molecule has 0 aliphatic heterocycles. The molecule has 2 rings (SSSR count). The Balaban J connectivity index is 2.43. The summed E-state index contributed by atoms with van der Waals surface area (Å²) in [6.45, 7) is 0. The van der Waals surface area contributed by atoms with Crippen molar-refractivity contribution in [3.63, 3.8) is 0 Å². The Hall–Kier alpha value is -2.58. The van der Waals surface area contributed by atoms with E-state index in [1.165, 1.54) is 0 Å². The van der Waals surface area contributed by atoms with Crippen molar-refractivity contribution in [1.82, 2.24) is 14.8 Å². The molecule has 0 bridgehead atoms. The number of anilines is 1. The monoisotopic (exact) mass is 272 g/mol. The Labute approximate surface area is 104 Å². The van der Waals surface area contributed by atoms with Crippen molar-refractivity contribution in [2.75, 3.05) is 5.73 Å².